The Labute approximate surface area is 129 Å². The summed E-state index contributed by atoms with van der Waals surface area (Å²) in [6.07, 6.45) is 1.69. The molecule has 2 N–H and O–H groups in total. The van der Waals surface area contributed by atoms with Crippen LogP contribution in [-0.4, -0.2) is 34.6 Å². The SMILES string of the molecule is CCCCC(=O)N(CCC(=O)O)c1cc(C(=O)O)ccc1C. The summed E-state index contributed by atoms with van der Waals surface area (Å²) in [5.41, 5.74) is 1.27. The number of hydrogen-bond donors (Lipinski definition) is 2. The standard InChI is InChI=1S/C16H21NO5/c1-3-4-5-14(18)17(9-8-15(19)20)13-10-12(16(21)22)7-6-11(13)2/h6-7,10H,3-5,8-9H2,1-2H3,(H,19,20)(H,21,22). The lowest BCUT2D eigenvalue weighted by Crippen LogP contribution is -2.33. The molecule has 0 spiro atoms. The van der Waals surface area contributed by atoms with Crippen molar-refractivity contribution >= 4 is 23.5 Å². The molecular formula is C16H21NO5. The number of aryl methyl sites for hydroxylation is 1. The first-order valence-electron chi connectivity index (χ1n) is 7.23. The van der Waals surface area contributed by atoms with E-state index in [0.29, 0.717) is 18.5 Å². The number of carbonyl (C=O) groups is 3. The fraction of sp³-hybridized carbons (Fsp3) is 0.438. The minimum atomic E-state index is -1.08. The molecule has 0 radical (unpaired) electrons. The van der Waals surface area contributed by atoms with Crippen LogP contribution in [-0.2, 0) is 9.59 Å². The molecule has 0 saturated heterocycles. The molecule has 1 amide bonds. The lowest BCUT2D eigenvalue weighted by Gasteiger charge is -2.24. The van der Waals surface area contributed by atoms with E-state index < -0.39 is 11.9 Å². The highest BCUT2D eigenvalue weighted by Gasteiger charge is 2.19. The second-order valence-electron chi connectivity index (χ2n) is 5.10. The predicted octanol–water partition coefficient (Wildman–Crippen LogP) is 2.69. The third-order valence-electron chi connectivity index (χ3n) is 3.34. The van der Waals surface area contributed by atoms with Gasteiger partial charge in [-0.1, -0.05) is 19.4 Å². The van der Waals surface area contributed by atoms with Gasteiger partial charge in [0.15, 0.2) is 0 Å². The van der Waals surface area contributed by atoms with Gasteiger partial charge in [-0.15, -0.1) is 0 Å². The number of carbonyl (C=O) groups excluding carboxylic acids is 1. The summed E-state index contributed by atoms with van der Waals surface area (Å²) < 4.78 is 0. The van der Waals surface area contributed by atoms with Crippen molar-refractivity contribution in [3.63, 3.8) is 0 Å². The van der Waals surface area contributed by atoms with Crippen molar-refractivity contribution < 1.29 is 24.6 Å². The lowest BCUT2D eigenvalue weighted by atomic mass is 10.1. The number of carboxylic acid groups (broad SMARTS) is 2. The van der Waals surface area contributed by atoms with Crippen LogP contribution in [0.15, 0.2) is 18.2 Å². The lowest BCUT2D eigenvalue weighted by molar-refractivity contribution is -0.136. The zero-order valence-electron chi connectivity index (χ0n) is 12.8. The molecule has 0 fully saturated rings. The monoisotopic (exact) mass is 307 g/mol. The highest BCUT2D eigenvalue weighted by Crippen LogP contribution is 2.23. The van der Waals surface area contributed by atoms with Crippen molar-refractivity contribution in [1.29, 1.82) is 0 Å². The molecule has 0 aliphatic heterocycles. The van der Waals surface area contributed by atoms with E-state index in [2.05, 4.69) is 0 Å². The van der Waals surface area contributed by atoms with Gasteiger partial charge in [-0.3, -0.25) is 9.59 Å². The Morgan fingerprint density at radius 2 is 1.82 bits per heavy atom. The molecule has 22 heavy (non-hydrogen) atoms. The third-order valence-corrected chi connectivity index (χ3v) is 3.34. The molecule has 6 nitrogen and oxygen atoms in total. The van der Waals surface area contributed by atoms with E-state index in [-0.39, 0.29) is 24.4 Å². The molecule has 0 unspecified atom stereocenters. The van der Waals surface area contributed by atoms with Gasteiger partial charge in [-0.25, -0.2) is 4.79 Å². The number of amides is 1. The molecule has 0 aliphatic rings. The van der Waals surface area contributed by atoms with Gasteiger partial charge in [0.1, 0.15) is 0 Å². The van der Waals surface area contributed by atoms with E-state index in [1.54, 1.807) is 13.0 Å². The minimum Gasteiger partial charge on any atom is -0.481 e. The van der Waals surface area contributed by atoms with Crippen LogP contribution < -0.4 is 4.90 Å². The van der Waals surface area contributed by atoms with Crippen molar-refractivity contribution in [2.75, 3.05) is 11.4 Å². The maximum Gasteiger partial charge on any atom is 0.335 e. The second kappa shape index (κ2) is 8.17. The van der Waals surface area contributed by atoms with Crippen LogP contribution >= 0.6 is 0 Å². The third kappa shape index (κ3) is 4.87. The summed E-state index contributed by atoms with van der Waals surface area (Å²) in [6.45, 7) is 3.76. The molecule has 0 aliphatic carbocycles. The normalized spacial score (nSPS) is 10.3. The molecule has 0 bridgehead atoms. The Hall–Kier alpha value is -2.37. The second-order valence-corrected chi connectivity index (χ2v) is 5.10. The van der Waals surface area contributed by atoms with Crippen LogP contribution in [0.1, 0.15) is 48.5 Å². The first-order chi connectivity index (χ1) is 10.4. The van der Waals surface area contributed by atoms with Crippen molar-refractivity contribution in [2.24, 2.45) is 0 Å². The number of unbranched alkanes of at least 4 members (excludes halogenated alkanes) is 1. The van der Waals surface area contributed by atoms with Gasteiger partial charge in [0, 0.05) is 18.7 Å². The predicted molar refractivity (Wildman–Crippen MR) is 82.3 cm³/mol. The van der Waals surface area contributed by atoms with Gasteiger partial charge in [-0.05, 0) is 31.0 Å². The van der Waals surface area contributed by atoms with E-state index in [0.717, 1.165) is 12.0 Å². The Balaban J connectivity index is 3.13. The van der Waals surface area contributed by atoms with Crippen LogP contribution in [0.4, 0.5) is 5.69 Å². The van der Waals surface area contributed by atoms with Crippen LogP contribution in [0.25, 0.3) is 0 Å². The molecule has 6 heteroatoms. The van der Waals surface area contributed by atoms with Crippen molar-refractivity contribution in [2.45, 2.75) is 39.5 Å². The summed E-state index contributed by atoms with van der Waals surface area (Å²) in [4.78, 5) is 35.6. The van der Waals surface area contributed by atoms with Gasteiger partial charge in [0.2, 0.25) is 5.91 Å². The molecular weight excluding hydrogens is 286 g/mol. The van der Waals surface area contributed by atoms with Crippen LogP contribution in [0.3, 0.4) is 0 Å². The van der Waals surface area contributed by atoms with E-state index in [1.807, 2.05) is 6.92 Å². The number of carboxylic acids is 2. The fourth-order valence-electron chi connectivity index (χ4n) is 2.08. The first kappa shape index (κ1) is 17.7. The number of benzene rings is 1. The van der Waals surface area contributed by atoms with Gasteiger partial charge in [0.25, 0.3) is 0 Å². The first-order valence-corrected chi connectivity index (χ1v) is 7.23. The summed E-state index contributed by atoms with van der Waals surface area (Å²) in [7, 11) is 0. The summed E-state index contributed by atoms with van der Waals surface area (Å²) in [6, 6.07) is 4.51. The van der Waals surface area contributed by atoms with Crippen molar-refractivity contribution in [3.8, 4) is 0 Å². The van der Waals surface area contributed by atoms with Gasteiger partial charge >= 0.3 is 11.9 Å². The van der Waals surface area contributed by atoms with Crippen LogP contribution in [0.5, 0.6) is 0 Å². The number of hydrogen-bond acceptors (Lipinski definition) is 3. The molecule has 0 heterocycles. The maximum absolute atomic E-state index is 12.3. The molecule has 120 valence electrons. The van der Waals surface area contributed by atoms with Crippen LogP contribution in [0, 0.1) is 6.92 Å². The highest BCUT2D eigenvalue weighted by molar-refractivity contribution is 5.96. The molecule has 0 aromatic heterocycles. The smallest absolute Gasteiger partial charge is 0.335 e. The molecule has 1 rings (SSSR count). The molecule has 0 atom stereocenters. The highest BCUT2D eigenvalue weighted by atomic mass is 16.4. The Morgan fingerprint density at radius 3 is 2.36 bits per heavy atom. The number of aliphatic carboxylic acids is 1. The summed E-state index contributed by atoms with van der Waals surface area (Å²) >= 11 is 0. The fourth-order valence-corrected chi connectivity index (χ4v) is 2.08. The zero-order chi connectivity index (χ0) is 16.7. The molecule has 1 aromatic rings. The van der Waals surface area contributed by atoms with Gasteiger partial charge < -0.3 is 15.1 Å². The maximum atomic E-state index is 12.3. The molecule has 1 aromatic carbocycles. The number of anilines is 1. The summed E-state index contributed by atoms with van der Waals surface area (Å²) in [5.74, 6) is -2.27. The number of nitrogens with zero attached hydrogens (tertiary/aromatic N) is 1. The summed E-state index contributed by atoms with van der Waals surface area (Å²) in [5, 5.41) is 17.9. The van der Waals surface area contributed by atoms with Gasteiger partial charge in [-0.2, -0.15) is 0 Å². The van der Waals surface area contributed by atoms with Crippen LogP contribution in [0.2, 0.25) is 0 Å². The minimum absolute atomic E-state index is 0.0296. The Morgan fingerprint density at radius 1 is 1.14 bits per heavy atom. The average Bonchev–Trinajstić information content (AvgIpc) is 2.46. The van der Waals surface area contributed by atoms with E-state index in [9.17, 15) is 14.4 Å². The topological polar surface area (TPSA) is 94.9 Å². The average molecular weight is 307 g/mol. The van der Waals surface area contributed by atoms with E-state index >= 15 is 0 Å². The quantitative estimate of drug-likeness (QED) is 0.770. The van der Waals surface area contributed by atoms with E-state index in [4.69, 9.17) is 10.2 Å². The Kier molecular flexibility index (Phi) is 6.56. The van der Waals surface area contributed by atoms with Gasteiger partial charge in [0.05, 0.1) is 12.0 Å². The van der Waals surface area contributed by atoms with Crippen molar-refractivity contribution in [3.05, 3.63) is 29.3 Å². The zero-order valence-corrected chi connectivity index (χ0v) is 12.8. The van der Waals surface area contributed by atoms with E-state index in [1.165, 1.54) is 17.0 Å². The number of rotatable bonds is 8. The largest absolute Gasteiger partial charge is 0.481 e. The van der Waals surface area contributed by atoms with Crippen molar-refractivity contribution in [1.82, 2.24) is 0 Å². The number of aromatic carboxylic acids is 1. The Bertz CT molecular complexity index is 568. The molecule has 0 saturated carbocycles.